The molecule has 6 heteroatoms. The highest BCUT2D eigenvalue weighted by Gasteiger charge is 2.52. The summed E-state index contributed by atoms with van der Waals surface area (Å²) in [7, 11) is -3.73. The van der Waals surface area contributed by atoms with Gasteiger partial charge in [0.05, 0.1) is 10.3 Å². The van der Waals surface area contributed by atoms with Crippen LogP contribution in [0.4, 0.5) is 0 Å². The van der Waals surface area contributed by atoms with E-state index in [0.29, 0.717) is 17.8 Å². The van der Waals surface area contributed by atoms with Gasteiger partial charge in [-0.3, -0.25) is 10.2 Å². The Morgan fingerprint density at radius 1 is 1.00 bits per heavy atom. The van der Waals surface area contributed by atoms with Crippen LogP contribution in [-0.4, -0.2) is 14.3 Å². The molecule has 4 aliphatic carbocycles. The molecule has 1 aromatic rings. The Bertz CT molecular complexity index is 756. The summed E-state index contributed by atoms with van der Waals surface area (Å²) in [5.41, 5.74) is 3.17. The van der Waals surface area contributed by atoms with Crippen LogP contribution in [-0.2, 0) is 14.8 Å². The van der Waals surface area contributed by atoms with E-state index in [1.54, 1.807) is 24.3 Å². The quantitative estimate of drug-likeness (QED) is 0.809. The first-order valence-electron chi connectivity index (χ1n) is 9.25. The molecule has 0 spiro atoms. The minimum atomic E-state index is -3.73. The zero-order valence-corrected chi connectivity index (χ0v) is 15.4. The molecule has 0 aliphatic heterocycles. The van der Waals surface area contributed by atoms with Crippen molar-refractivity contribution < 1.29 is 13.2 Å². The van der Waals surface area contributed by atoms with E-state index in [1.165, 1.54) is 25.7 Å². The smallest absolute Gasteiger partial charge is 0.257 e. The summed E-state index contributed by atoms with van der Waals surface area (Å²) in [5.74, 6) is 1.76. The summed E-state index contributed by atoms with van der Waals surface area (Å²) in [6.45, 7) is 1.90. The Balaban J connectivity index is 1.48. The second-order valence-corrected chi connectivity index (χ2v) is 10.1. The normalized spacial score (nSPS) is 33.9. The lowest BCUT2D eigenvalue weighted by molar-refractivity contribution is -0.139. The first kappa shape index (κ1) is 17.0. The van der Waals surface area contributed by atoms with E-state index >= 15 is 0 Å². The van der Waals surface area contributed by atoms with Crippen molar-refractivity contribution in [2.24, 2.45) is 23.2 Å². The summed E-state index contributed by atoms with van der Waals surface area (Å²) < 4.78 is 24.8. The molecule has 4 fully saturated rings. The van der Waals surface area contributed by atoms with Gasteiger partial charge in [0.25, 0.3) is 10.0 Å². The van der Waals surface area contributed by atoms with Gasteiger partial charge < -0.3 is 0 Å². The highest BCUT2D eigenvalue weighted by atomic mass is 32.2. The van der Waals surface area contributed by atoms with E-state index in [2.05, 4.69) is 10.3 Å². The molecular weight excluding hydrogens is 336 g/mol. The summed E-state index contributed by atoms with van der Waals surface area (Å²) in [6, 6.07) is 6.61. The average molecular weight is 362 g/mol. The first-order valence-corrected chi connectivity index (χ1v) is 10.7. The summed E-state index contributed by atoms with van der Waals surface area (Å²) >= 11 is 0. The van der Waals surface area contributed by atoms with E-state index < -0.39 is 10.0 Å². The van der Waals surface area contributed by atoms with Gasteiger partial charge in [0, 0.05) is 0 Å². The molecule has 0 heterocycles. The van der Waals surface area contributed by atoms with Gasteiger partial charge in [-0.25, -0.2) is 8.42 Å². The highest BCUT2D eigenvalue weighted by molar-refractivity contribution is 7.89. The van der Waals surface area contributed by atoms with Gasteiger partial charge >= 0.3 is 0 Å². The van der Waals surface area contributed by atoms with Gasteiger partial charge in [0.1, 0.15) is 0 Å². The highest BCUT2D eigenvalue weighted by Crippen LogP contribution is 2.57. The fraction of sp³-hybridized carbons (Fsp3) is 0.632. The van der Waals surface area contributed by atoms with Crippen LogP contribution in [0, 0.1) is 30.1 Å². The molecule has 2 unspecified atom stereocenters. The van der Waals surface area contributed by atoms with Crippen LogP contribution in [0.15, 0.2) is 29.2 Å². The zero-order chi connectivity index (χ0) is 17.7. The molecule has 1 aromatic carbocycles. The fourth-order valence-electron chi connectivity index (χ4n) is 5.49. The maximum absolute atomic E-state index is 12.9. The Kier molecular flexibility index (Phi) is 4.15. The molecule has 2 atom stereocenters. The number of hydrogen-bond donors (Lipinski definition) is 2. The van der Waals surface area contributed by atoms with Crippen molar-refractivity contribution in [2.45, 2.75) is 56.8 Å². The molecule has 25 heavy (non-hydrogen) atoms. The van der Waals surface area contributed by atoms with Gasteiger partial charge in [-0.05, 0) is 68.9 Å². The van der Waals surface area contributed by atoms with Gasteiger partial charge in [0.2, 0.25) is 5.91 Å². The molecule has 4 aliphatic rings. The topological polar surface area (TPSA) is 75.3 Å². The predicted molar refractivity (Wildman–Crippen MR) is 94.9 cm³/mol. The Labute approximate surface area is 149 Å². The zero-order valence-electron chi connectivity index (χ0n) is 14.6. The van der Waals surface area contributed by atoms with Crippen LogP contribution >= 0.6 is 0 Å². The van der Waals surface area contributed by atoms with Crippen molar-refractivity contribution in [3.8, 4) is 0 Å². The fourth-order valence-corrected chi connectivity index (χ4v) is 6.33. The van der Waals surface area contributed by atoms with Crippen LogP contribution < -0.4 is 10.3 Å². The molecule has 0 radical (unpaired) electrons. The largest absolute Gasteiger partial charge is 0.277 e. The lowest BCUT2D eigenvalue weighted by atomic mass is 9.58. The molecule has 136 valence electrons. The number of hydrogen-bond acceptors (Lipinski definition) is 3. The Morgan fingerprint density at radius 2 is 1.56 bits per heavy atom. The van der Waals surface area contributed by atoms with Gasteiger partial charge in [-0.2, -0.15) is 0 Å². The SMILES string of the molecule is Cc1ccc(S(=O)(=O)NNC(=O)C23CC4CCC(CC(C4)C2)C3)cc1. The number of benzene rings is 1. The summed E-state index contributed by atoms with van der Waals surface area (Å²) in [4.78, 5) is 15.4. The lowest BCUT2D eigenvalue weighted by Crippen LogP contribution is -2.53. The van der Waals surface area contributed by atoms with Crippen molar-refractivity contribution in [3.05, 3.63) is 29.8 Å². The number of carbonyl (C=O) groups excluding carboxylic acids is 1. The molecule has 2 N–H and O–H groups in total. The van der Waals surface area contributed by atoms with Crippen molar-refractivity contribution in [1.82, 2.24) is 10.3 Å². The third-order valence-electron chi connectivity index (χ3n) is 6.47. The second-order valence-electron chi connectivity index (χ2n) is 8.41. The molecule has 0 aromatic heterocycles. The monoisotopic (exact) mass is 362 g/mol. The number of sulfonamides is 1. The first-order chi connectivity index (χ1) is 11.9. The van der Waals surface area contributed by atoms with Gasteiger partial charge in [-0.15, -0.1) is 4.83 Å². The second kappa shape index (κ2) is 6.09. The van der Waals surface area contributed by atoms with Crippen molar-refractivity contribution in [3.63, 3.8) is 0 Å². The third kappa shape index (κ3) is 3.22. The van der Waals surface area contributed by atoms with E-state index in [1.807, 2.05) is 6.92 Å². The van der Waals surface area contributed by atoms with E-state index in [0.717, 1.165) is 24.8 Å². The number of hydrazine groups is 1. The number of aryl methyl sites for hydroxylation is 1. The van der Waals surface area contributed by atoms with E-state index in [4.69, 9.17) is 0 Å². The molecule has 4 bridgehead atoms. The van der Waals surface area contributed by atoms with Crippen LogP contribution in [0.3, 0.4) is 0 Å². The molecule has 1 amide bonds. The average Bonchev–Trinajstić information content (AvgIpc) is 2.79. The van der Waals surface area contributed by atoms with Crippen LogP contribution in [0.1, 0.15) is 50.5 Å². The number of fused-ring (bicyclic) bond motifs is 1. The molecule has 4 saturated carbocycles. The minimum absolute atomic E-state index is 0.135. The molecular formula is C19H26N2O3S. The minimum Gasteiger partial charge on any atom is -0.277 e. The molecule has 5 nitrogen and oxygen atoms in total. The van der Waals surface area contributed by atoms with Crippen LogP contribution in [0.25, 0.3) is 0 Å². The van der Waals surface area contributed by atoms with Crippen LogP contribution in [0.2, 0.25) is 0 Å². The predicted octanol–water partition coefficient (Wildman–Crippen LogP) is 2.91. The van der Waals surface area contributed by atoms with Crippen LogP contribution in [0.5, 0.6) is 0 Å². The Morgan fingerprint density at radius 3 is 2.16 bits per heavy atom. The van der Waals surface area contributed by atoms with Gasteiger partial charge in [-0.1, -0.05) is 30.5 Å². The Hall–Kier alpha value is -1.40. The van der Waals surface area contributed by atoms with Crippen molar-refractivity contribution >= 4 is 15.9 Å². The standard InChI is InChI=1S/C19H26N2O3S/c1-13-2-6-17(7-3-13)25(23,24)21-20-18(22)19-10-14-4-5-15(11-19)9-16(8-14)12-19/h2-3,6-7,14-16,21H,4-5,8-12H2,1H3,(H,20,22). The third-order valence-corrected chi connectivity index (χ3v) is 7.73. The van der Waals surface area contributed by atoms with Crippen molar-refractivity contribution in [2.75, 3.05) is 0 Å². The molecule has 0 saturated heterocycles. The van der Waals surface area contributed by atoms with E-state index in [-0.39, 0.29) is 16.2 Å². The molecule has 5 rings (SSSR count). The number of nitrogens with one attached hydrogen (secondary N) is 2. The summed E-state index contributed by atoms with van der Waals surface area (Å²) in [5, 5.41) is 0. The van der Waals surface area contributed by atoms with Crippen molar-refractivity contribution in [1.29, 1.82) is 0 Å². The van der Waals surface area contributed by atoms with E-state index in [9.17, 15) is 13.2 Å². The number of carbonyl (C=O) groups is 1. The maximum atomic E-state index is 12.9. The summed E-state index contributed by atoms with van der Waals surface area (Å²) in [6.07, 6.45) is 7.70. The number of amides is 1. The maximum Gasteiger partial charge on any atom is 0.257 e. The number of rotatable bonds is 4. The lowest BCUT2D eigenvalue weighted by Gasteiger charge is -2.46. The van der Waals surface area contributed by atoms with Gasteiger partial charge in [0.15, 0.2) is 0 Å².